The molecule has 0 saturated carbocycles. The van der Waals surface area contributed by atoms with E-state index in [1.807, 2.05) is 0 Å². The van der Waals surface area contributed by atoms with Gasteiger partial charge >= 0.3 is 10.8 Å². The van der Waals surface area contributed by atoms with E-state index in [1.165, 1.54) is 9.95 Å². The van der Waals surface area contributed by atoms with Gasteiger partial charge in [-0.15, -0.1) is 6.58 Å². The summed E-state index contributed by atoms with van der Waals surface area (Å²) in [4.78, 5) is 22.7. The third-order valence-electron chi connectivity index (χ3n) is 1.82. The van der Waals surface area contributed by atoms with Gasteiger partial charge in [-0.3, -0.25) is 9.36 Å². The van der Waals surface area contributed by atoms with Gasteiger partial charge in [-0.1, -0.05) is 17.4 Å². The van der Waals surface area contributed by atoms with Gasteiger partial charge in [-0.25, -0.2) is 4.79 Å². The quantitative estimate of drug-likeness (QED) is 0.568. The molecule has 1 rings (SSSR count). The molecule has 0 atom stereocenters. The van der Waals surface area contributed by atoms with E-state index < -0.39 is 5.97 Å². The van der Waals surface area contributed by atoms with Crippen LogP contribution in [0.2, 0.25) is 0 Å². The summed E-state index contributed by atoms with van der Waals surface area (Å²) in [5.74, 6) is -0.445. The van der Waals surface area contributed by atoms with Gasteiger partial charge in [0.25, 0.3) is 0 Å². The Morgan fingerprint density at radius 3 is 3.07 bits per heavy atom. The normalized spacial score (nSPS) is 9.93. The number of carbonyl (C=O) groups excluding carboxylic acids is 1. The Morgan fingerprint density at radius 1 is 1.73 bits per heavy atom. The van der Waals surface area contributed by atoms with Crippen molar-refractivity contribution in [1.82, 2.24) is 4.57 Å². The van der Waals surface area contributed by atoms with E-state index in [-0.39, 0.29) is 4.87 Å². The third-order valence-corrected chi connectivity index (χ3v) is 2.59. The van der Waals surface area contributed by atoms with Crippen LogP contribution in [0.3, 0.4) is 0 Å². The predicted octanol–water partition coefficient (Wildman–Crippen LogP) is 1.66. The standard InChI is InChI=1S/C10H13NO3S/c1-3-5-6-11-8(7-15-10(11)13)9(12)14-4-2/h3,7H,1,4-6H2,2H3. The van der Waals surface area contributed by atoms with Crippen molar-refractivity contribution >= 4 is 17.3 Å². The molecule has 0 spiro atoms. The first-order valence-corrected chi connectivity index (χ1v) is 5.55. The lowest BCUT2D eigenvalue weighted by Gasteiger charge is -2.04. The van der Waals surface area contributed by atoms with Crippen LogP contribution in [-0.2, 0) is 11.3 Å². The van der Waals surface area contributed by atoms with E-state index in [0.29, 0.717) is 25.3 Å². The zero-order valence-corrected chi connectivity index (χ0v) is 9.38. The number of aromatic nitrogens is 1. The minimum atomic E-state index is -0.445. The van der Waals surface area contributed by atoms with E-state index in [9.17, 15) is 9.59 Å². The molecule has 0 amide bonds. The van der Waals surface area contributed by atoms with Crippen LogP contribution in [0.5, 0.6) is 0 Å². The highest BCUT2D eigenvalue weighted by Crippen LogP contribution is 2.05. The first-order valence-electron chi connectivity index (χ1n) is 4.67. The summed E-state index contributed by atoms with van der Waals surface area (Å²) in [6.45, 7) is 6.09. The lowest BCUT2D eigenvalue weighted by atomic mass is 10.4. The van der Waals surface area contributed by atoms with Crippen LogP contribution >= 0.6 is 11.3 Å². The van der Waals surface area contributed by atoms with Gasteiger partial charge in [0, 0.05) is 11.9 Å². The fraction of sp³-hybridized carbons (Fsp3) is 0.400. The van der Waals surface area contributed by atoms with Crippen molar-refractivity contribution in [1.29, 1.82) is 0 Å². The van der Waals surface area contributed by atoms with Crippen LogP contribution in [0.15, 0.2) is 22.8 Å². The highest BCUT2D eigenvalue weighted by molar-refractivity contribution is 7.07. The van der Waals surface area contributed by atoms with E-state index in [0.717, 1.165) is 11.3 Å². The Balaban J connectivity index is 2.92. The molecule has 5 heteroatoms. The minimum Gasteiger partial charge on any atom is -0.461 e. The van der Waals surface area contributed by atoms with Gasteiger partial charge < -0.3 is 4.74 Å². The molecule has 0 aromatic carbocycles. The molecule has 0 radical (unpaired) electrons. The van der Waals surface area contributed by atoms with Gasteiger partial charge in [0.2, 0.25) is 0 Å². The molecule has 0 bridgehead atoms. The predicted molar refractivity (Wildman–Crippen MR) is 59.3 cm³/mol. The maximum absolute atomic E-state index is 11.4. The number of hydrogen-bond acceptors (Lipinski definition) is 4. The number of ether oxygens (including phenoxy) is 1. The lowest BCUT2D eigenvalue weighted by Crippen LogP contribution is -2.20. The Hall–Kier alpha value is -1.36. The topological polar surface area (TPSA) is 48.3 Å². The van der Waals surface area contributed by atoms with Crippen molar-refractivity contribution in [2.45, 2.75) is 19.9 Å². The zero-order chi connectivity index (χ0) is 11.3. The molecule has 0 aliphatic rings. The second-order valence-corrected chi connectivity index (χ2v) is 3.66. The largest absolute Gasteiger partial charge is 0.461 e. The molecule has 1 heterocycles. The number of esters is 1. The molecule has 0 aliphatic heterocycles. The minimum absolute atomic E-state index is 0.139. The number of allylic oxidation sites excluding steroid dienone is 1. The molecule has 0 N–H and O–H groups in total. The first kappa shape index (κ1) is 11.7. The average Bonchev–Trinajstić information content (AvgIpc) is 2.57. The Kier molecular flexibility index (Phi) is 4.30. The van der Waals surface area contributed by atoms with Crippen LogP contribution < -0.4 is 4.87 Å². The summed E-state index contributed by atoms with van der Waals surface area (Å²) >= 11 is 1.01. The monoisotopic (exact) mass is 227 g/mol. The van der Waals surface area contributed by atoms with Crippen molar-refractivity contribution in [3.63, 3.8) is 0 Å². The number of carbonyl (C=O) groups is 1. The van der Waals surface area contributed by atoms with Crippen molar-refractivity contribution in [3.05, 3.63) is 33.4 Å². The molecule has 0 fully saturated rings. The fourth-order valence-electron chi connectivity index (χ4n) is 1.13. The van der Waals surface area contributed by atoms with Crippen LogP contribution in [-0.4, -0.2) is 17.1 Å². The second kappa shape index (κ2) is 5.50. The molecule has 1 aromatic rings. The van der Waals surface area contributed by atoms with Crippen LogP contribution in [0.4, 0.5) is 0 Å². The van der Waals surface area contributed by atoms with E-state index in [1.54, 1.807) is 13.0 Å². The number of thiazole rings is 1. The molecule has 0 aliphatic carbocycles. The van der Waals surface area contributed by atoms with Crippen LogP contribution in [0.1, 0.15) is 23.8 Å². The molecule has 1 aromatic heterocycles. The fourth-order valence-corrected chi connectivity index (χ4v) is 1.88. The molecule has 0 unspecified atom stereocenters. The molecule has 0 saturated heterocycles. The molecule has 15 heavy (non-hydrogen) atoms. The Bertz CT molecular complexity index is 405. The highest BCUT2D eigenvalue weighted by Gasteiger charge is 2.14. The number of hydrogen-bond donors (Lipinski definition) is 0. The molecule has 4 nitrogen and oxygen atoms in total. The summed E-state index contributed by atoms with van der Waals surface area (Å²) in [5.41, 5.74) is 0.328. The van der Waals surface area contributed by atoms with Gasteiger partial charge in [0.1, 0.15) is 5.69 Å². The summed E-state index contributed by atoms with van der Waals surface area (Å²) in [7, 11) is 0. The summed E-state index contributed by atoms with van der Waals surface area (Å²) in [6.07, 6.45) is 2.36. The Morgan fingerprint density at radius 2 is 2.47 bits per heavy atom. The number of nitrogens with zero attached hydrogens (tertiary/aromatic N) is 1. The summed E-state index contributed by atoms with van der Waals surface area (Å²) < 4.78 is 6.27. The summed E-state index contributed by atoms with van der Waals surface area (Å²) in [5, 5.41) is 1.53. The van der Waals surface area contributed by atoms with Gasteiger partial charge in [0.05, 0.1) is 6.61 Å². The van der Waals surface area contributed by atoms with Crippen molar-refractivity contribution < 1.29 is 9.53 Å². The van der Waals surface area contributed by atoms with Crippen molar-refractivity contribution in [2.24, 2.45) is 0 Å². The smallest absolute Gasteiger partial charge is 0.355 e. The number of rotatable bonds is 5. The van der Waals surface area contributed by atoms with Gasteiger partial charge in [-0.2, -0.15) is 0 Å². The summed E-state index contributed by atoms with van der Waals surface area (Å²) in [6, 6.07) is 0. The van der Waals surface area contributed by atoms with Gasteiger partial charge in [-0.05, 0) is 13.3 Å². The van der Waals surface area contributed by atoms with Crippen LogP contribution in [0, 0.1) is 0 Å². The van der Waals surface area contributed by atoms with Crippen molar-refractivity contribution in [2.75, 3.05) is 6.61 Å². The SMILES string of the molecule is C=CCCn1c(C(=O)OCC)csc1=O. The average molecular weight is 227 g/mol. The molecular weight excluding hydrogens is 214 g/mol. The maximum atomic E-state index is 11.4. The van der Waals surface area contributed by atoms with E-state index in [2.05, 4.69) is 6.58 Å². The third kappa shape index (κ3) is 2.79. The lowest BCUT2D eigenvalue weighted by molar-refractivity contribution is 0.0513. The molecule has 82 valence electrons. The second-order valence-electron chi connectivity index (χ2n) is 2.84. The zero-order valence-electron chi connectivity index (χ0n) is 8.56. The maximum Gasteiger partial charge on any atom is 0.355 e. The van der Waals surface area contributed by atoms with Crippen LogP contribution in [0.25, 0.3) is 0 Å². The first-order chi connectivity index (χ1) is 7.20. The highest BCUT2D eigenvalue weighted by atomic mass is 32.1. The van der Waals surface area contributed by atoms with Crippen molar-refractivity contribution in [3.8, 4) is 0 Å². The van der Waals surface area contributed by atoms with Gasteiger partial charge in [0.15, 0.2) is 0 Å². The molecular formula is C10H13NO3S. The van der Waals surface area contributed by atoms with E-state index in [4.69, 9.17) is 4.74 Å². The Labute approximate surface area is 91.8 Å². The van der Waals surface area contributed by atoms with E-state index >= 15 is 0 Å².